The maximum Gasteiger partial charge on any atom is 0.326 e. The van der Waals surface area contributed by atoms with Crippen molar-refractivity contribution in [3.8, 4) is 0 Å². The predicted molar refractivity (Wildman–Crippen MR) is 234 cm³/mol. The summed E-state index contributed by atoms with van der Waals surface area (Å²) in [6, 6.07) is -0.856. The second kappa shape index (κ2) is 43.0. The lowest BCUT2D eigenvalue weighted by Gasteiger charge is -2.18. The molecule has 0 saturated heterocycles. The van der Waals surface area contributed by atoms with Crippen LogP contribution in [0.1, 0.15) is 245 Å². The van der Waals surface area contributed by atoms with E-state index in [-0.39, 0.29) is 18.0 Å². The minimum Gasteiger partial charge on any atom is -0.480 e. The third-order valence-electron chi connectivity index (χ3n) is 10.8. The van der Waals surface area contributed by atoms with Crippen molar-refractivity contribution < 1.29 is 24.2 Å². The molecule has 0 aliphatic carbocycles. The molecule has 0 aromatic rings. The molecule has 2 atom stereocenters. The molecule has 0 saturated carbocycles. The lowest BCUT2D eigenvalue weighted by Crippen LogP contribution is -2.40. The van der Waals surface area contributed by atoms with Gasteiger partial charge < -0.3 is 20.9 Å². The summed E-state index contributed by atoms with van der Waals surface area (Å²) in [7, 11) is 0. The van der Waals surface area contributed by atoms with E-state index in [2.05, 4.69) is 43.5 Å². The number of ether oxygens (including phenoxy) is 1. The van der Waals surface area contributed by atoms with Crippen LogP contribution in [0.4, 0.5) is 0 Å². The van der Waals surface area contributed by atoms with Crippen molar-refractivity contribution >= 4 is 17.8 Å². The SMILES string of the molecule is CCCCCC/C=C\C/C=C\CCCCCCCC(=O)OC(CCCCCCCCCCCCCCC)CCCCCCCC(=O)NC(CCCN)C(=O)O. The third kappa shape index (κ3) is 39.9. The molecule has 4 N–H and O–H groups in total. The summed E-state index contributed by atoms with van der Waals surface area (Å²) in [5.41, 5.74) is 5.49. The lowest BCUT2D eigenvalue weighted by molar-refractivity contribution is -0.150. The predicted octanol–water partition coefficient (Wildman–Crippen LogP) is 13.6. The van der Waals surface area contributed by atoms with Crippen molar-refractivity contribution in [2.24, 2.45) is 5.73 Å². The molecule has 55 heavy (non-hydrogen) atoms. The standard InChI is InChI=1S/C48H90N2O5/c1-3-5-7-9-11-13-15-17-18-19-21-23-25-27-32-36-42-47(52)55-44(38-33-29-26-24-22-20-16-14-12-10-8-6-4-2)39-34-30-28-31-35-41-46(51)50-45(48(53)54)40-37-43-49/h13,15,18-19,44-45H,3-12,14,16-17,20-43,49H2,1-2H3,(H,50,51)(H,53,54)/b15-13-,19-18-. The maximum absolute atomic E-state index is 12.8. The highest BCUT2D eigenvalue weighted by atomic mass is 16.5. The molecule has 0 spiro atoms. The zero-order chi connectivity index (χ0) is 40.3. The van der Waals surface area contributed by atoms with Gasteiger partial charge in [0.05, 0.1) is 0 Å². The number of unbranched alkanes of at least 4 members (excludes halogenated alkanes) is 25. The smallest absolute Gasteiger partial charge is 0.326 e. The van der Waals surface area contributed by atoms with Crippen LogP contribution in [-0.2, 0) is 19.1 Å². The number of rotatable bonds is 43. The summed E-state index contributed by atoms with van der Waals surface area (Å²) < 4.78 is 6.06. The van der Waals surface area contributed by atoms with Crippen LogP contribution in [0, 0.1) is 0 Å². The highest BCUT2D eigenvalue weighted by molar-refractivity contribution is 5.83. The van der Waals surface area contributed by atoms with E-state index in [9.17, 15) is 19.5 Å². The average molecular weight is 775 g/mol. The van der Waals surface area contributed by atoms with Gasteiger partial charge in [0.25, 0.3) is 0 Å². The van der Waals surface area contributed by atoms with Crippen LogP contribution in [0.25, 0.3) is 0 Å². The van der Waals surface area contributed by atoms with Crippen LogP contribution in [-0.4, -0.2) is 41.6 Å². The van der Waals surface area contributed by atoms with Crippen molar-refractivity contribution in [1.82, 2.24) is 5.32 Å². The van der Waals surface area contributed by atoms with E-state index in [0.29, 0.717) is 32.2 Å². The molecule has 0 aromatic heterocycles. The molecule has 0 bridgehead atoms. The Morgan fingerprint density at radius 2 is 0.945 bits per heavy atom. The zero-order valence-electron chi connectivity index (χ0n) is 36.3. The number of hydrogen-bond donors (Lipinski definition) is 3. The van der Waals surface area contributed by atoms with Gasteiger partial charge in [0, 0.05) is 12.8 Å². The Morgan fingerprint density at radius 3 is 1.42 bits per heavy atom. The van der Waals surface area contributed by atoms with Gasteiger partial charge in [-0.3, -0.25) is 9.59 Å². The summed E-state index contributed by atoms with van der Waals surface area (Å²) in [6.07, 6.45) is 49.4. The number of carbonyl (C=O) groups excluding carboxylic acids is 2. The first-order chi connectivity index (χ1) is 26.9. The van der Waals surface area contributed by atoms with Gasteiger partial charge in [-0.25, -0.2) is 4.79 Å². The highest BCUT2D eigenvalue weighted by Crippen LogP contribution is 2.19. The Morgan fingerprint density at radius 1 is 0.527 bits per heavy atom. The number of esters is 1. The Labute approximate surface area is 340 Å². The van der Waals surface area contributed by atoms with Crippen molar-refractivity contribution in [1.29, 1.82) is 0 Å². The molecule has 0 aliphatic heterocycles. The largest absolute Gasteiger partial charge is 0.480 e. The van der Waals surface area contributed by atoms with E-state index >= 15 is 0 Å². The van der Waals surface area contributed by atoms with Gasteiger partial charge in [0.1, 0.15) is 12.1 Å². The summed E-state index contributed by atoms with van der Waals surface area (Å²) >= 11 is 0. The molecule has 0 aliphatic rings. The monoisotopic (exact) mass is 775 g/mol. The summed E-state index contributed by atoms with van der Waals surface area (Å²) in [5, 5.41) is 12.0. The molecular formula is C48H90N2O5. The summed E-state index contributed by atoms with van der Waals surface area (Å²) in [5.74, 6) is -1.23. The molecule has 0 rings (SSSR count). The van der Waals surface area contributed by atoms with Gasteiger partial charge in [0.2, 0.25) is 5.91 Å². The van der Waals surface area contributed by atoms with E-state index in [1.165, 1.54) is 128 Å². The van der Waals surface area contributed by atoms with Crippen LogP contribution < -0.4 is 11.1 Å². The highest BCUT2D eigenvalue weighted by Gasteiger charge is 2.19. The topological polar surface area (TPSA) is 119 Å². The van der Waals surface area contributed by atoms with Crippen molar-refractivity contribution in [3.05, 3.63) is 24.3 Å². The molecule has 7 heteroatoms. The number of aliphatic carboxylic acids is 1. The Kier molecular flexibility index (Phi) is 41.3. The van der Waals surface area contributed by atoms with Gasteiger partial charge in [-0.2, -0.15) is 0 Å². The minimum atomic E-state index is -1.00. The van der Waals surface area contributed by atoms with Gasteiger partial charge in [0.15, 0.2) is 0 Å². The second-order valence-corrected chi connectivity index (χ2v) is 16.2. The van der Waals surface area contributed by atoms with Crippen LogP contribution in [0.5, 0.6) is 0 Å². The van der Waals surface area contributed by atoms with Gasteiger partial charge >= 0.3 is 11.9 Å². The van der Waals surface area contributed by atoms with Crippen LogP contribution >= 0.6 is 0 Å². The Balaban J connectivity index is 4.32. The molecule has 1 amide bonds. The molecule has 2 unspecified atom stereocenters. The minimum absolute atomic E-state index is 0.00940. The Hall–Kier alpha value is -2.15. The van der Waals surface area contributed by atoms with Crippen LogP contribution in [0.2, 0.25) is 0 Å². The fourth-order valence-electron chi connectivity index (χ4n) is 7.19. The maximum atomic E-state index is 12.8. The van der Waals surface area contributed by atoms with Crippen molar-refractivity contribution in [3.63, 3.8) is 0 Å². The summed E-state index contributed by atoms with van der Waals surface area (Å²) in [6.45, 7) is 4.94. The molecular weight excluding hydrogens is 685 g/mol. The number of carboxylic acid groups (broad SMARTS) is 1. The number of carboxylic acids is 1. The van der Waals surface area contributed by atoms with Gasteiger partial charge in [-0.1, -0.05) is 173 Å². The van der Waals surface area contributed by atoms with E-state index in [1.807, 2.05) is 0 Å². The first kappa shape index (κ1) is 52.9. The molecule has 322 valence electrons. The molecule has 0 fully saturated rings. The average Bonchev–Trinajstić information content (AvgIpc) is 3.17. The fourth-order valence-corrected chi connectivity index (χ4v) is 7.19. The van der Waals surface area contributed by atoms with E-state index in [1.54, 1.807) is 0 Å². The first-order valence-electron chi connectivity index (χ1n) is 23.7. The number of allylic oxidation sites excluding steroid dienone is 4. The fraction of sp³-hybridized carbons (Fsp3) is 0.854. The van der Waals surface area contributed by atoms with E-state index < -0.39 is 12.0 Å². The number of nitrogens with two attached hydrogens (primary N) is 1. The van der Waals surface area contributed by atoms with Gasteiger partial charge in [-0.15, -0.1) is 0 Å². The third-order valence-corrected chi connectivity index (χ3v) is 10.8. The normalized spacial score (nSPS) is 12.8. The zero-order valence-corrected chi connectivity index (χ0v) is 36.3. The first-order valence-corrected chi connectivity index (χ1v) is 23.7. The van der Waals surface area contributed by atoms with Gasteiger partial charge in [-0.05, 0) is 90.0 Å². The van der Waals surface area contributed by atoms with Crippen LogP contribution in [0.15, 0.2) is 24.3 Å². The molecule has 0 radical (unpaired) electrons. The number of nitrogens with one attached hydrogen (secondary N) is 1. The van der Waals surface area contributed by atoms with E-state index in [0.717, 1.165) is 77.0 Å². The number of hydrogen-bond acceptors (Lipinski definition) is 5. The number of carbonyl (C=O) groups is 3. The quantitative estimate of drug-likeness (QED) is 0.0322. The second-order valence-electron chi connectivity index (χ2n) is 16.2. The lowest BCUT2D eigenvalue weighted by atomic mass is 10.0. The molecule has 7 nitrogen and oxygen atoms in total. The molecule has 0 heterocycles. The molecule has 0 aromatic carbocycles. The Bertz CT molecular complexity index is 920. The number of amides is 1. The summed E-state index contributed by atoms with van der Waals surface area (Å²) in [4.78, 5) is 36.5. The van der Waals surface area contributed by atoms with Crippen molar-refractivity contribution in [2.75, 3.05) is 6.54 Å². The van der Waals surface area contributed by atoms with Crippen molar-refractivity contribution in [2.45, 2.75) is 257 Å². The van der Waals surface area contributed by atoms with E-state index in [4.69, 9.17) is 10.5 Å². The van der Waals surface area contributed by atoms with Crippen LogP contribution in [0.3, 0.4) is 0 Å².